The lowest BCUT2D eigenvalue weighted by molar-refractivity contribution is 0.986. The number of thioether (sulfide) groups is 1. The van der Waals surface area contributed by atoms with E-state index in [-0.39, 0.29) is 0 Å². The van der Waals surface area contributed by atoms with Crippen LogP contribution in [0.4, 0.5) is 0 Å². The van der Waals surface area contributed by atoms with Gasteiger partial charge in [0.25, 0.3) is 0 Å². The molecule has 4 heteroatoms. The molecule has 1 heterocycles. The molecule has 2 nitrogen and oxygen atoms in total. The number of halogens is 1. The number of benzene rings is 1. The van der Waals surface area contributed by atoms with Crippen LogP contribution < -0.4 is 0 Å². The molecule has 0 radical (unpaired) electrons. The Morgan fingerprint density at radius 2 is 2.20 bits per heavy atom. The van der Waals surface area contributed by atoms with Gasteiger partial charge < -0.3 is 0 Å². The molecule has 0 amide bonds. The Morgan fingerprint density at radius 3 is 3.00 bits per heavy atom. The average Bonchev–Trinajstić information content (AvgIpc) is 2.29. The number of rotatable bonds is 3. The van der Waals surface area contributed by atoms with Crippen molar-refractivity contribution in [1.29, 1.82) is 0 Å². The third-order valence-electron chi connectivity index (χ3n) is 1.99. The van der Waals surface area contributed by atoms with E-state index in [2.05, 4.69) is 16.9 Å². The van der Waals surface area contributed by atoms with Gasteiger partial charge in [0, 0.05) is 22.7 Å². The lowest BCUT2D eigenvalue weighted by Gasteiger charge is -2.05. The summed E-state index contributed by atoms with van der Waals surface area (Å²) in [6, 6.07) is 7.97. The van der Waals surface area contributed by atoms with Gasteiger partial charge in [-0.15, -0.1) is 11.6 Å². The summed E-state index contributed by atoms with van der Waals surface area (Å²) in [5.41, 5.74) is 0.983. The van der Waals surface area contributed by atoms with E-state index in [1.165, 1.54) is 0 Å². The topological polar surface area (TPSA) is 25.8 Å². The molecule has 78 valence electrons. The second-order valence-corrected chi connectivity index (χ2v) is 5.01. The SMILES string of the molecule is CC(CCl)Sc1ncc2ccccc2n1. The molecule has 1 aromatic carbocycles. The second kappa shape index (κ2) is 4.81. The number of alkyl halides is 1. The molecule has 0 fully saturated rings. The molecule has 0 saturated heterocycles. The fourth-order valence-electron chi connectivity index (χ4n) is 1.22. The Balaban J connectivity index is 2.30. The molecule has 0 aliphatic carbocycles. The number of fused-ring (bicyclic) bond motifs is 1. The molecule has 0 aliphatic rings. The first-order valence-electron chi connectivity index (χ1n) is 4.74. The normalized spacial score (nSPS) is 12.9. The third kappa shape index (κ3) is 2.61. The highest BCUT2D eigenvalue weighted by atomic mass is 35.5. The molecule has 0 saturated carbocycles. The van der Waals surface area contributed by atoms with Crippen molar-refractivity contribution < 1.29 is 0 Å². The van der Waals surface area contributed by atoms with E-state index in [0.717, 1.165) is 16.1 Å². The van der Waals surface area contributed by atoms with Crippen molar-refractivity contribution in [2.75, 3.05) is 5.88 Å². The molecule has 0 bridgehead atoms. The van der Waals surface area contributed by atoms with Gasteiger partial charge in [-0.05, 0) is 6.07 Å². The van der Waals surface area contributed by atoms with E-state index in [0.29, 0.717) is 11.1 Å². The van der Waals surface area contributed by atoms with Gasteiger partial charge in [-0.1, -0.05) is 36.9 Å². The van der Waals surface area contributed by atoms with E-state index < -0.39 is 0 Å². The van der Waals surface area contributed by atoms with Crippen molar-refractivity contribution in [3.63, 3.8) is 0 Å². The molecule has 2 aromatic rings. The molecule has 0 aliphatic heterocycles. The first kappa shape index (κ1) is 10.7. The molecule has 1 unspecified atom stereocenters. The first-order valence-corrected chi connectivity index (χ1v) is 6.15. The smallest absolute Gasteiger partial charge is 0.188 e. The summed E-state index contributed by atoms with van der Waals surface area (Å²) in [6.45, 7) is 2.07. The van der Waals surface area contributed by atoms with Crippen LogP contribution in [0.2, 0.25) is 0 Å². The third-order valence-corrected chi connectivity index (χ3v) is 3.61. The van der Waals surface area contributed by atoms with Crippen molar-refractivity contribution in [2.45, 2.75) is 17.3 Å². The largest absolute Gasteiger partial charge is 0.230 e. The van der Waals surface area contributed by atoms with Gasteiger partial charge in [0.05, 0.1) is 5.52 Å². The summed E-state index contributed by atoms with van der Waals surface area (Å²) in [7, 11) is 0. The Hall–Kier alpha value is -0.800. The van der Waals surface area contributed by atoms with Crippen LogP contribution in [0.1, 0.15) is 6.92 Å². The maximum atomic E-state index is 5.74. The van der Waals surface area contributed by atoms with Crippen molar-refractivity contribution in [1.82, 2.24) is 9.97 Å². The zero-order chi connectivity index (χ0) is 10.7. The fourth-order valence-corrected chi connectivity index (χ4v) is 2.10. The summed E-state index contributed by atoms with van der Waals surface area (Å²) in [5, 5.41) is 2.20. The van der Waals surface area contributed by atoms with Crippen LogP contribution in [0.25, 0.3) is 10.9 Å². The minimum Gasteiger partial charge on any atom is -0.230 e. The summed E-state index contributed by atoms with van der Waals surface area (Å²) in [5.74, 6) is 0.612. The van der Waals surface area contributed by atoms with E-state index in [9.17, 15) is 0 Å². The second-order valence-electron chi connectivity index (χ2n) is 3.29. The Bertz CT molecular complexity index is 461. The predicted molar refractivity (Wildman–Crippen MR) is 65.6 cm³/mol. The maximum absolute atomic E-state index is 5.74. The Morgan fingerprint density at radius 1 is 1.40 bits per heavy atom. The van der Waals surface area contributed by atoms with Crippen molar-refractivity contribution in [2.24, 2.45) is 0 Å². The monoisotopic (exact) mass is 238 g/mol. The first-order chi connectivity index (χ1) is 7.29. The minimum absolute atomic E-state index is 0.341. The summed E-state index contributed by atoms with van der Waals surface area (Å²) in [6.07, 6.45) is 1.85. The summed E-state index contributed by atoms with van der Waals surface area (Å²) < 4.78 is 0. The molecule has 15 heavy (non-hydrogen) atoms. The fraction of sp³-hybridized carbons (Fsp3) is 0.273. The highest BCUT2D eigenvalue weighted by Crippen LogP contribution is 2.21. The van der Waals surface area contributed by atoms with Crippen LogP contribution >= 0.6 is 23.4 Å². The molecule has 1 atom stereocenters. The highest BCUT2D eigenvalue weighted by molar-refractivity contribution is 7.99. The maximum Gasteiger partial charge on any atom is 0.188 e. The minimum atomic E-state index is 0.341. The number of hydrogen-bond acceptors (Lipinski definition) is 3. The predicted octanol–water partition coefficient (Wildman–Crippen LogP) is 3.35. The zero-order valence-corrected chi connectivity index (χ0v) is 9.92. The summed E-state index contributed by atoms with van der Waals surface area (Å²) >= 11 is 7.35. The van der Waals surface area contributed by atoms with Crippen LogP contribution in [-0.4, -0.2) is 21.1 Å². The Labute approximate surface area is 98.1 Å². The van der Waals surface area contributed by atoms with Gasteiger partial charge in [0.1, 0.15) is 0 Å². The lowest BCUT2D eigenvalue weighted by Crippen LogP contribution is -1.99. The standard InChI is InChI=1S/C11H11ClN2S/c1-8(6-12)15-11-13-7-9-4-2-3-5-10(9)14-11/h2-5,7-8H,6H2,1H3. The molecular formula is C11H11ClN2S. The van der Waals surface area contributed by atoms with Crippen LogP contribution in [-0.2, 0) is 0 Å². The number of nitrogens with zero attached hydrogens (tertiary/aromatic N) is 2. The molecule has 0 N–H and O–H groups in total. The van der Waals surface area contributed by atoms with Crippen LogP contribution in [0.15, 0.2) is 35.6 Å². The lowest BCUT2D eigenvalue weighted by atomic mass is 10.2. The van der Waals surface area contributed by atoms with Gasteiger partial charge >= 0.3 is 0 Å². The van der Waals surface area contributed by atoms with Gasteiger partial charge in [0.15, 0.2) is 5.16 Å². The average molecular weight is 239 g/mol. The quantitative estimate of drug-likeness (QED) is 0.466. The molecule has 2 rings (SSSR count). The van der Waals surface area contributed by atoms with Crippen molar-refractivity contribution >= 4 is 34.3 Å². The van der Waals surface area contributed by atoms with Crippen molar-refractivity contribution in [3.8, 4) is 0 Å². The molecular weight excluding hydrogens is 228 g/mol. The zero-order valence-electron chi connectivity index (χ0n) is 8.35. The van der Waals surface area contributed by atoms with Gasteiger partial charge in [0.2, 0.25) is 0 Å². The van der Waals surface area contributed by atoms with E-state index in [4.69, 9.17) is 11.6 Å². The van der Waals surface area contributed by atoms with E-state index >= 15 is 0 Å². The van der Waals surface area contributed by atoms with Gasteiger partial charge in [-0.3, -0.25) is 0 Å². The number of para-hydroxylation sites is 1. The molecule has 0 spiro atoms. The number of hydrogen-bond donors (Lipinski definition) is 0. The van der Waals surface area contributed by atoms with Crippen molar-refractivity contribution in [3.05, 3.63) is 30.5 Å². The molecule has 1 aromatic heterocycles. The number of aromatic nitrogens is 2. The van der Waals surface area contributed by atoms with Crippen LogP contribution in [0.3, 0.4) is 0 Å². The van der Waals surface area contributed by atoms with Gasteiger partial charge in [-0.2, -0.15) is 0 Å². The van der Waals surface area contributed by atoms with Crippen LogP contribution in [0.5, 0.6) is 0 Å². The summed E-state index contributed by atoms with van der Waals surface area (Å²) in [4.78, 5) is 8.74. The Kier molecular flexibility index (Phi) is 3.44. The van der Waals surface area contributed by atoms with Gasteiger partial charge in [-0.25, -0.2) is 9.97 Å². The van der Waals surface area contributed by atoms with Crippen LogP contribution in [0, 0.1) is 0 Å². The van der Waals surface area contributed by atoms with E-state index in [1.807, 2.05) is 30.5 Å². The van der Waals surface area contributed by atoms with E-state index in [1.54, 1.807) is 11.8 Å². The highest BCUT2D eigenvalue weighted by Gasteiger charge is 2.05.